The molecule has 0 aliphatic heterocycles. The van der Waals surface area contributed by atoms with Gasteiger partial charge in [-0.25, -0.2) is 0 Å². The molecule has 0 fully saturated rings. The number of nitrogens with two attached hydrogens (primary N) is 1. The summed E-state index contributed by atoms with van der Waals surface area (Å²) < 4.78 is 5.78. The lowest BCUT2D eigenvalue weighted by Gasteiger charge is -2.12. The van der Waals surface area contributed by atoms with E-state index in [1.807, 2.05) is 32.0 Å². The van der Waals surface area contributed by atoms with E-state index in [2.05, 4.69) is 0 Å². The molecule has 0 saturated heterocycles. The third-order valence-corrected chi connectivity index (χ3v) is 3.14. The summed E-state index contributed by atoms with van der Waals surface area (Å²) in [5, 5.41) is 9.20. The molecule has 3 nitrogen and oxygen atoms in total. The number of ether oxygens (including phenoxy) is 1. The molecule has 0 heterocycles. The van der Waals surface area contributed by atoms with Gasteiger partial charge in [0.15, 0.2) is 0 Å². The normalized spacial score (nSPS) is 10.0. The maximum atomic E-state index is 8.79. The highest BCUT2D eigenvalue weighted by molar-refractivity contribution is 6.32. The Morgan fingerprint density at radius 2 is 1.84 bits per heavy atom. The highest BCUT2D eigenvalue weighted by Crippen LogP contribution is 2.33. The fraction of sp³-hybridized carbons (Fsp3) is 0.133. The molecule has 0 aliphatic rings. The Balaban J connectivity index is 2.37. The lowest BCUT2D eigenvalue weighted by Crippen LogP contribution is -1.94. The van der Waals surface area contributed by atoms with Crippen LogP contribution < -0.4 is 10.5 Å². The number of hydrogen-bond acceptors (Lipinski definition) is 3. The van der Waals surface area contributed by atoms with Gasteiger partial charge in [0.25, 0.3) is 0 Å². The summed E-state index contributed by atoms with van der Waals surface area (Å²) in [6.07, 6.45) is 0. The van der Waals surface area contributed by atoms with Crippen LogP contribution in [0.2, 0.25) is 5.02 Å². The van der Waals surface area contributed by atoms with Crippen LogP contribution in [0.3, 0.4) is 0 Å². The number of hydrogen-bond donors (Lipinski definition) is 1. The molecule has 0 aliphatic carbocycles. The maximum absolute atomic E-state index is 8.79. The van der Waals surface area contributed by atoms with E-state index in [1.165, 1.54) is 0 Å². The number of nitrogens with zero attached hydrogens (tertiary/aromatic N) is 1. The fourth-order valence-electron chi connectivity index (χ4n) is 1.69. The van der Waals surface area contributed by atoms with Crippen LogP contribution in [0, 0.1) is 25.2 Å². The van der Waals surface area contributed by atoms with Crippen LogP contribution >= 0.6 is 11.6 Å². The molecule has 0 unspecified atom stereocenters. The first kappa shape index (κ1) is 13.3. The molecule has 0 aromatic heterocycles. The van der Waals surface area contributed by atoms with Crippen LogP contribution in [0.15, 0.2) is 30.3 Å². The lowest BCUT2D eigenvalue weighted by atomic mass is 10.1. The van der Waals surface area contributed by atoms with Crippen LogP contribution in [-0.4, -0.2) is 0 Å². The van der Waals surface area contributed by atoms with Crippen LogP contribution in [0.1, 0.15) is 16.7 Å². The van der Waals surface area contributed by atoms with Gasteiger partial charge in [-0.1, -0.05) is 11.6 Å². The zero-order valence-corrected chi connectivity index (χ0v) is 11.5. The smallest absolute Gasteiger partial charge is 0.146 e. The van der Waals surface area contributed by atoms with Crippen molar-refractivity contribution in [2.45, 2.75) is 13.8 Å². The van der Waals surface area contributed by atoms with E-state index < -0.39 is 0 Å². The Morgan fingerprint density at radius 3 is 2.47 bits per heavy atom. The third-order valence-electron chi connectivity index (χ3n) is 2.84. The van der Waals surface area contributed by atoms with Crippen molar-refractivity contribution in [1.29, 1.82) is 5.26 Å². The van der Waals surface area contributed by atoms with Crippen LogP contribution in [0.25, 0.3) is 0 Å². The Kier molecular flexibility index (Phi) is 3.64. The molecule has 2 aromatic rings. The van der Waals surface area contributed by atoms with Crippen LogP contribution in [-0.2, 0) is 0 Å². The number of rotatable bonds is 2. The van der Waals surface area contributed by atoms with Crippen molar-refractivity contribution < 1.29 is 4.74 Å². The molecule has 0 bridgehead atoms. The Labute approximate surface area is 117 Å². The Hall–Kier alpha value is -2.18. The third kappa shape index (κ3) is 2.81. The second-order valence-electron chi connectivity index (χ2n) is 4.33. The zero-order chi connectivity index (χ0) is 14.0. The SMILES string of the molecule is Cc1cc(Oc2ccc(C#N)cc2Cl)c(C)cc1N. The van der Waals surface area contributed by atoms with Gasteiger partial charge in [-0.15, -0.1) is 0 Å². The minimum absolute atomic E-state index is 0.410. The van der Waals surface area contributed by atoms with Crippen molar-refractivity contribution in [2.24, 2.45) is 0 Å². The minimum Gasteiger partial charge on any atom is -0.456 e. The van der Waals surface area contributed by atoms with E-state index >= 15 is 0 Å². The molecule has 2 aromatic carbocycles. The molecular formula is C15H13ClN2O. The van der Waals surface area contributed by atoms with Crippen molar-refractivity contribution >= 4 is 17.3 Å². The number of nitrogen functional groups attached to an aromatic ring is 1. The van der Waals surface area contributed by atoms with E-state index in [9.17, 15) is 0 Å². The van der Waals surface area contributed by atoms with Crippen LogP contribution in [0.4, 0.5) is 5.69 Å². The highest BCUT2D eigenvalue weighted by Gasteiger charge is 2.08. The summed E-state index contributed by atoms with van der Waals surface area (Å²) in [6.45, 7) is 3.84. The first-order valence-corrected chi connectivity index (χ1v) is 6.13. The quantitative estimate of drug-likeness (QED) is 0.834. The molecule has 96 valence electrons. The molecule has 0 radical (unpaired) electrons. The maximum Gasteiger partial charge on any atom is 0.146 e. The molecule has 2 N–H and O–H groups in total. The van der Waals surface area contributed by atoms with Crippen LogP contribution in [0.5, 0.6) is 11.5 Å². The first-order chi connectivity index (χ1) is 9.01. The second-order valence-corrected chi connectivity index (χ2v) is 4.74. The molecule has 2 rings (SSSR count). The van der Waals surface area contributed by atoms with Gasteiger partial charge < -0.3 is 10.5 Å². The van der Waals surface area contributed by atoms with E-state index in [0.29, 0.717) is 22.1 Å². The zero-order valence-electron chi connectivity index (χ0n) is 10.7. The molecule has 0 atom stereocenters. The minimum atomic E-state index is 0.410. The topological polar surface area (TPSA) is 59.0 Å². The van der Waals surface area contributed by atoms with Gasteiger partial charge in [-0.2, -0.15) is 5.26 Å². The summed E-state index contributed by atoms with van der Waals surface area (Å²) in [5.41, 5.74) is 8.95. The summed E-state index contributed by atoms with van der Waals surface area (Å²) in [5.74, 6) is 1.23. The number of aryl methyl sites for hydroxylation is 2. The molecule has 19 heavy (non-hydrogen) atoms. The largest absolute Gasteiger partial charge is 0.456 e. The van der Waals surface area contributed by atoms with Crippen molar-refractivity contribution in [3.05, 3.63) is 52.0 Å². The van der Waals surface area contributed by atoms with Crippen molar-refractivity contribution in [1.82, 2.24) is 0 Å². The van der Waals surface area contributed by atoms with Crippen molar-refractivity contribution in [3.63, 3.8) is 0 Å². The number of nitriles is 1. The predicted octanol–water partition coefficient (Wildman–Crippen LogP) is 4.20. The van der Waals surface area contributed by atoms with E-state index in [1.54, 1.807) is 18.2 Å². The summed E-state index contributed by atoms with van der Waals surface area (Å²) in [6, 6.07) is 10.7. The summed E-state index contributed by atoms with van der Waals surface area (Å²) in [7, 11) is 0. The van der Waals surface area contributed by atoms with Gasteiger partial charge >= 0.3 is 0 Å². The highest BCUT2D eigenvalue weighted by atomic mass is 35.5. The van der Waals surface area contributed by atoms with Gasteiger partial charge in [0, 0.05) is 5.69 Å². The lowest BCUT2D eigenvalue weighted by molar-refractivity contribution is 0.479. The van der Waals surface area contributed by atoms with Gasteiger partial charge in [0.1, 0.15) is 11.5 Å². The van der Waals surface area contributed by atoms with E-state index in [0.717, 1.165) is 16.8 Å². The summed E-state index contributed by atoms with van der Waals surface area (Å²) >= 11 is 6.08. The van der Waals surface area contributed by atoms with Crippen molar-refractivity contribution in [2.75, 3.05) is 5.73 Å². The average Bonchev–Trinajstić information content (AvgIpc) is 2.38. The Bertz CT molecular complexity index is 675. The Morgan fingerprint density at radius 1 is 1.11 bits per heavy atom. The number of halogens is 1. The van der Waals surface area contributed by atoms with Gasteiger partial charge in [-0.3, -0.25) is 0 Å². The number of anilines is 1. The predicted molar refractivity (Wildman–Crippen MR) is 76.6 cm³/mol. The monoisotopic (exact) mass is 272 g/mol. The average molecular weight is 273 g/mol. The first-order valence-electron chi connectivity index (χ1n) is 5.75. The number of benzene rings is 2. The van der Waals surface area contributed by atoms with Gasteiger partial charge in [-0.05, 0) is 55.3 Å². The molecule has 0 amide bonds. The molecule has 0 spiro atoms. The standard InChI is InChI=1S/C15H13ClN2O/c1-9-6-15(10(2)5-13(9)18)19-14-4-3-11(8-17)7-12(14)16/h3-7H,18H2,1-2H3. The van der Waals surface area contributed by atoms with E-state index in [4.69, 9.17) is 27.3 Å². The molecule has 0 saturated carbocycles. The van der Waals surface area contributed by atoms with Crippen molar-refractivity contribution in [3.8, 4) is 17.6 Å². The van der Waals surface area contributed by atoms with E-state index in [-0.39, 0.29) is 0 Å². The molecular weight excluding hydrogens is 260 g/mol. The van der Waals surface area contributed by atoms with Gasteiger partial charge in [0.2, 0.25) is 0 Å². The van der Waals surface area contributed by atoms with Gasteiger partial charge in [0.05, 0.1) is 16.7 Å². The molecule has 4 heteroatoms. The second kappa shape index (κ2) is 5.21. The fourth-order valence-corrected chi connectivity index (χ4v) is 1.91. The summed E-state index contributed by atoms with van der Waals surface area (Å²) in [4.78, 5) is 0.